The summed E-state index contributed by atoms with van der Waals surface area (Å²) in [5.41, 5.74) is 0.346. The molecule has 21 heavy (non-hydrogen) atoms. The number of hydrogen-bond acceptors (Lipinski definition) is 3. The zero-order chi connectivity index (χ0) is 15.2. The molecule has 0 saturated carbocycles. The molecule has 1 unspecified atom stereocenters. The highest BCUT2D eigenvalue weighted by Crippen LogP contribution is 2.19. The summed E-state index contributed by atoms with van der Waals surface area (Å²) in [6, 6.07) is 15.2. The number of hydrogen-bond donors (Lipinski definition) is 0. The van der Waals surface area contributed by atoms with Crippen molar-refractivity contribution in [2.45, 2.75) is 6.29 Å². The molecule has 0 aliphatic heterocycles. The predicted octanol–water partition coefficient (Wildman–Crippen LogP) is 4.65. The molecule has 2 aromatic rings. The van der Waals surface area contributed by atoms with Crippen LogP contribution in [0.1, 0.15) is 10.4 Å². The van der Waals surface area contributed by atoms with Crippen LogP contribution >= 0.6 is 23.2 Å². The lowest BCUT2D eigenvalue weighted by Gasteiger charge is -2.18. The number of benzene rings is 2. The van der Waals surface area contributed by atoms with Gasteiger partial charge in [-0.05, 0) is 36.4 Å². The summed E-state index contributed by atoms with van der Waals surface area (Å²) in [6.45, 7) is 3.55. The number of esters is 1. The quantitative estimate of drug-likeness (QED) is 0.593. The highest BCUT2D eigenvalue weighted by atomic mass is 35.5. The van der Waals surface area contributed by atoms with Crippen molar-refractivity contribution in [3.63, 3.8) is 0 Å². The van der Waals surface area contributed by atoms with Crippen LogP contribution in [0.4, 0.5) is 0 Å². The molecule has 0 aliphatic carbocycles. The smallest absolute Gasteiger partial charge is 0.341 e. The van der Waals surface area contributed by atoms with Crippen molar-refractivity contribution < 1.29 is 14.3 Å². The lowest BCUT2D eigenvalue weighted by molar-refractivity contribution is -0.0237. The van der Waals surface area contributed by atoms with E-state index in [2.05, 4.69) is 6.58 Å². The van der Waals surface area contributed by atoms with E-state index in [1.165, 1.54) is 0 Å². The Balaban J connectivity index is 2.07. The molecule has 0 N–H and O–H groups in total. The van der Waals surface area contributed by atoms with Crippen LogP contribution in [0.5, 0.6) is 5.75 Å². The lowest BCUT2D eigenvalue weighted by Crippen LogP contribution is -2.24. The van der Waals surface area contributed by atoms with Gasteiger partial charge in [0.25, 0.3) is 6.29 Å². The third-order valence-electron chi connectivity index (χ3n) is 2.54. The summed E-state index contributed by atoms with van der Waals surface area (Å²) in [7, 11) is 0. The molecule has 5 heteroatoms. The average molecular weight is 323 g/mol. The molecule has 0 spiro atoms. The lowest BCUT2D eigenvalue weighted by atomic mass is 10.2. The zero-order valence-electron chi connectivity index (χ0n) is 11.0. The van der Waals surface area contributed by atoms with Gasteiger partial charge in [0.05, 0.1) is 10.6 Å². The molecular weight excluding hydrogens is 311 g/mol. The van der Waals surface area contributed by atoms with E-state index >= 15 is 0 Å². The van der Waals surface area contributed by atoms with E-state index < -0.39 is 12.3 Å². The number of carbonyl (C=O) groups is 1. The highest BCUT2D eigenvalue weighted by molar-refractivity contribution is 6.30. The first kappa shape index (κ1) is 15.4. The molecule has 0 heterocycles. The van der Waals surface area contributed by atoms with Crippen molar-refractivity contribution in [1.82, 2.24) is 0 Å². The maximum Gasteiger partial charge on any atom is 0.341 e. The number of halogens is 2. The van der Waals surface area contributed by atoms with Gasteiger partial charge in [0.15, 0.2) is 0 Å². The number of rotatable bonds is 5. The second-order valence-corrected chi connectivity index (χ2v) is 5.04. The molecule has 0 saturated heterocycles. The van der Waals surface area contributed by atoms with E-state index in [-0.39, 0.29) is 5.03 Å². The van der Waals surface area contributed by atoms with Crippen LogP contribution < -0.4 is 4.74 Å². The van der Waals surface area contributed by atoms with Gasteiger partial charge in [-0.1, -0.05) is 48.0 Å². The van der Waals surface area contributed by atoms with Crippen molar-refractivity contribution in [1.29, 1.82) is 0 Å². The van der Waals surface area contributed by atoms with Gasteiger partial charge in [-0.2, -0.15) is 0 Å². The topological polar surface area (TPSA) is 35.5 Å². The molecular formula is C16H12Cl2O3. The Morgan fingerprint density at radius 1 is 1.05 bits per heavy atom. The zero-order valence-corrected chi connectivity index (χ0v) is 12.5. The average Bonchev–Trinajstić information content (AvgIpc) is 2.48. The molecule has 0 fully saturated rings. The van der Waals surface area contributed by atoms with Gasteiger partial charge in [0.1, 0.15) is 5.75 Å². The Bertz CT molecular complexity index is 624. The standard InChI is InChI=1S/C16H12Cl2O3/c1-11(17)16(20-14-5-3-2-4-6-14)21-15(19)12-7-9-13(18)10-8-12/h2-10,16H,1H2. The minimum Gasteiger partial charge on any atom is -0.450 e. The van der Waals surface area contributed by atoms with Crippen LogP contribution in [0.15, 0.2) is 66.2 Å². The Morgan fingerprint density at radius 2 is 1.67 bits per heavy atom. The molecule has 0 aromatic heterocycles. The Labute approximate surface area is 132 Å². The predicted molar refractivity (Wildman–Crippen MR) is 82.7 cm³/mol. The van der Waals surface area contributed by atoms with E-state index in [0.29, 0.717) is 16.3 Å². The van der Waals surface area contributed by atoms with Crippen molar-refractivity contribution in [3.05, 3.63) is 76.8 Å². The van der Waals surface area contributed by atoms with Gasteiger partial charge >= 0.3 is 5.97 Å². The Morgan fingerprint density at radius 3 is 2.24 bits per heavy atom. The summed E-state index contributed by atoms with van der Waals surface area (Å²) in [6.07, 6.45) is -1.07. The van der Waals surface area contributed by atoms with Crippen molar-refractivity contribution in [2.75, 3.05) is 0 Å². The summed E-state index contributed by atoms with van der Waals surface area (Å²) in [5, 5.41) is 0.603. The monoisotopic (exact) mass is 322 g/mol. The van der Waals surface area contributed by atoms with E-state index in [0.717, 1.165) is 0 Å². The molecule has 108 valence electrons. The van der Waals surface area contributed by atoms with Crippen LogP contribution in [0.2, 0.25) is 5.02 Å². The first-order chi connectivity index (χ1) is 10.1. The second-order valence-electron chi connectivity index (χ2n) is 4.12. The van der Waals surface area contributed by atoms with Crippen molar-refractivity contribution >= 4 is 29.2 Å². The van der Waals surface area contributed by atoms with Gasteiger partial charge in [-0.25, -0.2) is 4.79 Å². The van der Waals surface area contributed by atoms with E-state index in [9.17, 15) is 4.79 Å². The summed E-state index contributed by atoms with van der Waals surface area (Å²) < 4.78 is 10.7. The van der Waals surface area contributed by atoms with Crippen LogP contribution in [0, 0.1) is 0 Å². The van der Waals surface area contributed by atoms with Crippen molar-refractivity contribution in [2.24, 2.45) is 0 Å². The first-order valence-corrected chi connectivity index (χ1v) is 6.84. The Hall–Kier alpha value is -1.97. The van der Waals surface area contributed by atoms with Crippen LogP contribution in [0.3, 0.4) is 0 Å². The third kappa shape index (κ3) is 4.52. The number of carbonyl (C=O) groups excluding carboxylic acids is 1. The molecule has 2 rings (SSSR count). The largest absolute Gasteiger partial charge is 0.450 e. The van der Waals surface area contributed by atoms with Gasteiger partial charge in [0, 0.05) is 5.02 Å². The molecule has 2 aromatic carbocycles. The SMILES string of the molecule is C=C(Cl)C(OC(=O)c1ccc(Cl)cc1)Oc1ccccc1. The fourth-order valence-electron chi connectivity index (χ4n) is 1.53. The normalized spacial score (nSPS) is 11.5. The molecule has 0 amide bonds. The van der Waals surface area contributed by atoms with Gasteiger partial charge in [-0.15, -0.1) is 0 Å². The summed E-state index contributed by atoms with van der Waals surface area (Å²) in [4.78, 5) is 12.0. The number of para-hydroxylation sites is 1. The van der Waals surface area contributed by atoms with Crippen molar-refractivity contribution in [3.8, 4) is 5.75 Å². The summed E-state index contributed by atoms with van der Waals surface area (Å²) >= 11 is 11.6. The fraction of sp³-hybridized carbons (Fsp3) is 0.0625. The molecule has 0 radical (unpaired) electrons. The van der Waals surface area contributed by atoms with E-state index in [1.807, 2.05) is 6.07 Å². The maximum absolute atomic E-state index is 12.0. The van der Waals surface area contributed by atoms with Crippen LogP contribution in [-0.4, -0.2) is 12.3 Å². The molecule has 1 atom stereocenters. The summed E-state index contributed by atoms with van der Waals surface area (Å²) in [5.74, 6) is -0.0531. The van der Waals surface area contributed by atoms with Crippen LogP contribution in [-0.2, 0) is 4.74 Å². The van der Waals surface area contributed by atoms with Gasteiger partial charge in [-0.3, -0.25) is 0 Å². The van der Waals surface area contributed by atoms with Crippen LogP contribution in [0.25, 0.3) is 0 Å². The minimum atomic E-state index is -1.07. The highest BCUT2D eigenvalue weighted by Gasteiger charge is 2.19. The minimum absolute atomic E-state index is 0.0705. The maximum atomic E-state index is 12.0. The fourth-order valence-corrected chi connectivity index (χ4v) is 1.74. The van der Waals surface area contributed by atoms with E-state index in [1.54, 1.807) is 48.5 Å². The third-order valence-corrected chi connectivity index (χ3v) is 2.97. The number of ether oxygens (including phenoxy) is 2. The Kier molecular flexibility index (Phi) is 5.26. The first-order valence-electron chi connectivity index (χ1n) is 6.09. The molecule has 0 aliphatic rings. The molecule has 3 nitrogen and oxygen atoms in total. The molecule has 0 bridgehead atoms. The van der Waals surface area contributed by atoms with E-state index in [4.69, 9.17) is 32.7 Å². The van der Waals surface area contributed by atoms with Gasteiger partial charge in [0.2, 0.25) is 0 Å². The second kappa shape index (κ2) is 7.16. The van der Waals surface area contributed by atoms with Gasteiger partial charge < -0.3 is 9.47 Å².